The number of rotatable bonds is 7. The van der Waals surface area contributed by atoms with Crippen molar-refractivity contribution in [1.82, 2.24) is 4.31 Å². The van der Waals surface area contributed by atoms with Gasteiger partial charge in [-0.2, -0.15) is 4.31 Å². The fourth-order valence-corrected chi connectivity index (χ4v) is 3.26. The van der Waals surface area contributed by atoms with Crippen molar-refractivity contribution in [3.05, 3.63) is 42.5 Å². The fraction of sp³-hybridized carbons (Fsp3) is 0.308. The molecule has 0 atom stereocenters. The van der Waals surface area contributed by atoms with E-state index in [4.69, 9.17) is 5.11 Å². The van der Waals surface area contributed by atoms with E-state index in [1.807, 2.05) is 0 Å². The molecule has 0 bridgehead atoms. The Bertz CT molecular complexity index is 582. The second-order valence-electron chi connectivity index (χ2n) is 3.86. The van der Waals surface area contributed by atoms with Gasteiger partial charge in [0.05, 0.1) is 24.2 Å². The molecular weight excluding hydrogens is 282 g/mol. The summed E-state index contributed by atoms with van der Waals surface area (Å²) < 4.78 is 30.6. The van der Waals surface area contributed by atoms with Crippen molar-refractivity contribution in [2.24, 2.45) is 0 Å². The van der Waals surface area contributed by atoms with E-state index in [0.717, 1.165) is 4.31 Å². The average Bonchev–Trinajstić information content (AvgIpc) is 2.46. The first-order valence-corrected chi connectivity index (χ1v) is 7.32. The van der Waals surface area contributed by atoms with Gasteiger partial charge in [0.15, 0.2) is 0 Å². The third-order valence-corrected chi connectivity index (χ3v) is 4.52. The molecule has 0 aromatic heterocycles. The van der Waals surface area contributed by atoms with Gasteiger partial charge in [-0.25, -0.2) is 13.2 Å². The van der Waals surface area contributed by atoms with Crippen molar-refractivity contribution in [1.29, 1.82) is 0 Å². The Morgan fingerprint density at radius 2 is 2.10 bits per heavy atom. The molecule has 0 spiro atoms. The van der Waals surface area contributed by atoms with Crippen LogP contribution in [0, 0.1) is 0 Å². The molecule has 20 heavy (non-hydrogen) atoms. The number of benzene rings is 1. The molecule has 110 valence electrons. The van der Waals surface area contributed by atoms with Gasteiger partial charge in [-0.1, -0.05) is 18.2 Å². The molecule has 0 aliphatic rings. The number of aliphatic hydroxyl groups excluding tert-OH is 1. The second kappa shape index (κ2) is 7.18. The fourth-order valence-electron chi connectivity index (χ4n) is 1.67. The summed E-state index contributed by atoms with van der Waals surface area (Å²) in [6.07, 6.45) is 1.41. The zero-order chi connectivity index (χ0) is 15.2. The van der Waals surface area contributed by atoms with E-state index in [1.54, 1.807) is 6.07 Å². The molecule has 0 aliphatic heterocycles. The highest BCUT2D eigenvalue weighted by Crippen LogP contribution is 2.20. The van der Waals surface area contributed by atoms with Crippen LogP contribution >= 0.6 is 0 Å². The first-order chi connectivity index (χ1) is 9.48. The van der Waals surface area contributed by atoms with E-state index >= 15 is 0 Å². The van der Waals surface area contributed by atoms with Crippen molar-refractivity contribution in [2.45, 2.75) is 4.90 Å². The van der Waals surface area contributed by atoms with Crippen molar-refractivity contribution in [3.63, 3.8) is 0 Å². The molecule has 1 aromatic rings. The van der Waals surface area contributed by atoms with Crippen LogP contribution in [0.25, 0.3) is 0 Å². The normalized spacial score (nSPS) is 11.3. The summed E-state index contributed by atoms with van der Waals surface area (Å²) in [6.45, 7) is 3.12. The Kier molecular flexibility index (Phi) is 5.87. The molecule has 0 radical (unpaired) electrons. The number of carbonyl (C=O) groups is 1. The van der Waals surface area contributed by atoms with Gasteiger partial charge in [0.25, 0.3) is 0 Å². The number of hydrogen-bond acceptors (Lipinski definition) is 5. The third-order valence-electron chi connectivity index (χ3n) is 2.59. The van der Waals surface area contributed by atoms with E-state index in [0.29, 0.717) is 0 Å². The van der Waals surface area contributed by atoms with Gasteiger partial charge in [-0.3, -0.25) is 0 Å². The third kappa shape index (κ3) is 3.44. The molecule has 0 saturated heterocycles. The number of nitrogens with zero attached hydrogens (tertiary/aromatic N) is 1. The van der Waals surface area contributed by atoms with Gasteiger partial charge in [0.2, 0.25) is 10.0 Å². The van der Waals surface area contributed by atoms with Crippen LogP contribution in [-0.4, -0.2) is 50.6 Å². The molecule has 7 heteroatoms. The lowest BCUT2D eigenvalue weighted by molar-refractivity contribution is 0.0596. The molecule has 0 aliphatic carbocycles. The number of esters is 1. The van der Waals surface area contributed by atoms with Crippen molar-refractivity contribution < 1.29 is 23.1 Å². The SMILES string of the molecule is C=CCN(CCO)S(=O)(=O)c1ccccc1C(=O)OC. The summed E-state index contributed by atoms with van der Waals surface area (Å²) >= 11 is 0. The lowest BCUT2D eigenvalue weighted by Gasteiger charge is -2.20. The Morgan fingerprint density at radius 1 is 1.45 bits per heavy atom. The molecular formula is C13H17NO5S. The zero-order valence-electron chi connectivity index (χ0n) is 11.2. The van der Waals surface area contributed by atoms with Gasteiger partial charge < -0.3 is 9.84 Å². The van der Waals surface area contributed by atoms with E-state index in [1.165, 1.54) is 31.4 Å². The van der Waals surface area contributed by atoms with Crippen molar-refractivity contribution in [2.75, 3.05) is 26.8 Å². The van der Waals surface area contributed by atoms with E-state index in [9.17, 15) is 13.2 Å². The summed E-state index contributed by atoms with van der Waals surface area (Å²) in [5, 5.41) is 8.97. The maximum atomic E-state index is 12.5. The van der Waals surface area contributed by atoms with Crippen LogP contribution in [0.5, 0.6) is 0 Å². The molecule has 0 unspecified atom stereocenters. The van der Waals surface area contributed by atoms with Crippen LogP contribution in [-0.2, 0) is 14.8 Å². The maximum absolute atomic E-state index is 12.5. The number of sulfonamides is 1. The first kappa shape index (κ1) is 16.4. The molecule has 6 nitrogen and oxygen atoms in total. The molecule has 0 heterocycles. The van der Waals surface area contributed by atoms with Gasteiger partial charge in [-0.15, -0.1) is 6.58 Å². The summed E-state index contributed by atoms with van der Waals surface area (Å²) in [7, 11) is -2.73. The Balaban J connectivity index is 3.33. The number of ether oxygens (including phenoxy) is 1. The predicted octanol–water partition coefficient (Wildman–Crippen LogP) is 0.642. The van der Waals surface area contributed by atoms with Crippen molar-refractivity contribution in [3.8, 4) is 0 Å². The summed E-state index contributed by atoms with van der Waals surface area (Å²) in [5.41, 5.74) is -0.0398. The van der Waals surface area contributed by atoms with Gasteiger partial charge in [-0.05, 0) is 12.1 Å². The quantitative estimate of drug-likeness (QED) is 0.590. The van der Waals surface area contributed by atoms with Crippen LogP contribution in [0.15, 0.2) is 41.8 Å². The van der Waals surface area contributed by atoms with E-state index < -0.39 is 16.0 Å². The van der Waals surface area contributed by atoms with Gasteiger partial charge in [0.1, 0.15) is 0 Å². The number of hydrogen-bond donors (Lipinski definition) is 1. The first-order valence-electron chi connectivity index (χ1n) is 5.88. The molecule has 1 rings (SSSR count). The largest absolute Gasteiger partial charge is 0.465 e. The lowest BCUT2D eigenvalue weighted by atomic mass is 10.2. The van der Waals surface area contributed by atoms with E-state index in [-0.39, 0.29) is 30.2 Å². The summed E-state index contributed by atoms with van der Waals surface area (Å²) in [4.78, 5) is 11.5. The number of aliphatic hydroxyl groups is 1. The summed E-state index contributed by atoms with van der Waals surface area (Å²) in [6, 6.07) is 5.78. The summed E-state index contributed by atoms with van der Waals surface area (Å²) in [5.74, 6) is -0.730. The highest BCUT2D eigenvalue weighted by atomic mass is 32.2. The Hall–Kier alpha value is -1.70. The monoisotopic (exact) mass is 299 g/mol. The maximum Gasteiger partial charge on any atom is 0.339 e. The highest BCUT2D eigenvalue weighted by Gasteiger charge is 2.28. The van der Waals surface area contributed by atoms with Gasteiger partial charge >= 0.3 is 5.97 Å². The zero-order valence-corrected chi connectivity index (χ0v) is 12.0. The van der Waals surface area contributed by atoms with Crippen LogP contribution in [0.4, 0.5) is 0 Å². The molecule has 0 fully saturated rings. The smallest absolute Gasteiger partial charge is 0.339 e. The van der Waals surface area contributed by atoms with E-state index in [2.05, 4.69) is 11.3 Å². The minimum Gasteiger partial charge on any atom is -0.465 e. The van der Waals surface area contributed by atoms with Crippen LogP contribution in [0.1, 0.15) is 10.4 Å². The van der Waals surface area contributed by atoms with Crippen LogP contribution < -0.4 is 0 Å². The van der Waals surface area contributed by atoms with Crippen molar-refractivity contribution >= 4 is 16.0 Å². The van der Waals surface area contributed by atoms with Crippen LogP contribution in [0.3, 0.4) is 0 Å². The molecule has 0 saturated carbocycles. The van der Waals surface area contributed by atoms with Crippen LogP contribution in [0.2, 0.25) is 0 Å². The topological polar surface area (TPSA) is 83.9 Å². The molecule has 0 amide bonds. The average molecular weight is 299 g/mol. The highest BCUT2D eigenvalue weighted by molar-refractivity contribution is 7.89. The minimum atomic E-state index is -3.91. The standard InChI is InChI=1S/C13H17NO5S/c1-3-8-14(9-10-15)20(17,18)12-7-5-4-6-11(12)13(16)19-2/h3-7,15H,1,8-10H2,2H3. The lowest BCUT2D eigenvalue weighted by Crippen LogP contribution is -2.34. The van der Waals surface area contributed by atoms with Gasteiger partial charge in [0, 0.05) is 13.1 Å². The minimum absolute atomic E-state index is 0.0398. The number of methoxy groups -OCH3 is 1. The molecule has 1 aromatic carbocycles. The molecule has 1 N–H and O–H groups in total. The predicted molar refractivity (Wildman–Crippen MR) is 73.8 cm³/mol. The Labute approximate surface area is 118 Å². The Morgan fingerprint density at radius 3 is 2.65 bits per heavy atom. The second-order valence-corrected chi connectivity index (χ2v) is 5.77. The number of carbonyl (C=O) groups excluding carboxylic acids is 1.